The number of hydrogen-bond donors (Lipinski definition) is 1. The van der Waals surface area contributed by atoms with Crippen molar-refractivity contribution in [2.24, 2.45) is 5.92 Å². The zero-order valence-corrected chi connectivity index (χ0v) is 16.8. The molecule has 0 saturated carbocycles. The molecule has 0 spiro atoms. The van der Waals surface area contributed by atoms with Gasteiger partial charge in [-0.1, -0.05) is 91.0 Å². The minimum absolute atomic E-state index is 0.225. The van der Waals surface area contributed by atoms with E-state index in [2.05, 4.69) is 59.5 Å². The van der Waals surface area contributed by atoms with Crippen LogP contribution in [0.1, 0.15) is 41.9 Å². The van der Waals surface area contributed by atoms with Gasteiger partial charge in [0.15, 0.2) is 0 Å². The van der Waals surface area contributed by atoms with Crippen LogP contribution in [0.4, 0.5) is 0 Å². The molecule has 2 saturated heterocycles. The first kappa shape index (κ1) is 18.6. The maximum absolute atomic E-state index is 12.2. The third-order valence-electron chi connectivity index (χ3n) is 7.14. The predicted molar refractivity (Wildman–Crippen MR) is 118 cm³/mol. The van der Waals surface area contributed by atoms with Crippen LogP contribution in [-0.2, 0) is 5.60 Å². The van der Waals surface area contributed by atoms with E-state index in [1.807, 2.05) is 36.4 Å². The fourth-order valence-electron chi connectivity index (χ4n) is 5.64. The molecular formula is C27H29NO. The van der Waals surface area contributed by atoms with Gasteiger partial charge in [0.05, 0.1) is 0 Å². The van der Waals surface area contributed by atoms with Crippen molar-refractivity contribution in [1.29, 1.82) is 0 Å². The van der Waals surface area contributed by atoms with Crippen molar-refractivity contribution in [3.05, 3.63) is 108 Å². The number of rotatable bonds is 4. The van der Waals surface area contributed by atoms with Gasteiger partial charge in [0.1, 0.15) is 5.60 Å². The van der Waals surface area contributed by atoms with Crippen LogP contribution < -0.4 is 0 Å². The molecule has 0 amide bonds. The second-order valence-corrected chi connectivity index (χ2v) is 8.71. The molecule has 148 valence electrons. The Balaban J connectivity index is 1.44. The third kappa shape index (κ3) is 3.41. The van der Waals surface area contributed by atoms with E-state index in [0.717, 1.165) is 37.1 Å². The van der Waals surface area contributed by atoms with Gasteiger partial charge >= 0.3 is 0 Å². The van der Waals surface area contributed by atoms with Gasteiger partial charge < -0.3 is 5.11 Å². The molecule has 0 radical (unpaired) electrons. The van der Waals surface area contributed by atoms with Crippen LogP contribution in [0.2, 0.25) is 0 Å². The average molecular weight is 384 g/mol. The van der Waals surface area contributed by atoms with Gasteiger partial charge in [-0.05, 0) is 54.3 Å². The first-order valence-electron chi connectivity index (χ1n) is 10.9. The fraction of sp³-hybridized carbons (Fsp3) is 0.333. The monoisotopic (exact) mass is 383 g/mol. The lowest BCUT2D eigenvalue weighted by Gasteiger charge is -2.44. The topological polar surface area (TPSA) is 23.5 Å². The Morgan fingerprint density at radius 3 is 1.86 bits per heavy atom. The summed E-state index contributed by atoms with van der Waals surface area (Å²) in [5.74, 6) is 0.838. The maximum atomic E-state index is 12.2. The van der Waals surface area contributed by atoms with Crippen LogP contribution in [-0.4, -0.2) is 29.1 Å². The molecule has 1 N–H and O–H groups in total. The molecule has 0 unspecified atom stereocenters. The number of nitrogens with zero attached hydrogens (tertiary/aromatic N) is 1. The van der Waals surface area contributed by atoms with Gasteiger partial charge in [-0.25, -0.2) is 0 Å². The summed E-state index contributed by atoms with van der Waals surface area (Å²) >= 11 is 0. The number of hydrogen-bond acceptors (Lipinski definition) is 2. The lowest BCUT2D eigenvalue weighted by atomic mass is 9.70. The summed E-state index contributed by atoms with van der Waals surface area (Å²) in [6.45, 7) is 2.22. The van der Waals surface area contributed by atoms with Crippen molar-refractivity contribution in [3.8, 4) is 0 Å². The second-order valence-electron chi connectivity index (χ2n) is 8.71. The molecule has 29 heavy (non-hydrogen) atoms. The predicted octanol–water partition coefficient (Wildman–Crippen LogP) is 5.19. The van der Waals surface area contributed by atoms with Gasteiger partial charge in [-0.15, -0.1) is 0 Å². The second kappa shape index (κ2) is 7.78. The summed E-state index contributed by atoms with van der Waals surface area (Å²) in [5, 5.41) is 12.2. The third-order valence-corrected chi connectivity index (χ3v) is 7.14. The van der Waals surface area contributed by atoms with Gasteiger partial charge in [0.2, 0.25) is 0 Å². The highest BCUT2D eigenvalue weighted by molar-refractivity contribution is 5.37. The van der Waals surface area contributed by atoms with Gasteiger partial charge in [-0.3, -0.25) is 4.90 Å². The zero-order chi connectivity index (χ0) is 19.7. The van der Waals surface area contributed by atoms with Crippen molar-refractivity contribution in [1.82, 2.24) is 4.90 Å². The first-order chi connectivity index (χ1) is 14.2. The summed E-state index contributed by atoms with van der Waals surface area (Å²) < 4.78 is 0. The van der Waals surface area contributed by atoms with E-state index in [1.54, 1.807) is 0 Å². The van der Waals surface area contributed by atoms with Crippen LogP contribution in [0.25, 0.3) is 0 Å². The van der Waals surface area contributed by atoms with E-state index in [1.165, 1.54) is 12.0 Å². The molecular weight excluding hydrogens is 354 g/mol. The molecule has 3 aromatic carbocycles. The van der Waals surface area contributed by atoms with Crippen LogP contribution in [0, 0.1) is 5.92 Å². The highest BCUT2D eigenvalue weighted by Gasteiger charge is 2.46. The summed E-state index contributed by atoms with van der Waals surface area (Å²) in [6.07, 6.45) is 3.27. The molecule has 2 aliphatic heterocycles. The molecule has 2 heteroatoms. The SMILES string of the molecule is OC(c1ccccc1)(c1ccccc1)[C@@H]1CCN2C[C@H](c3ccccc3)C[C@H]2C1. The molecule has 3 atom stereocenters. The van der Waals surface area contributed by atoms with Crippen molar-refractivity contribution >= 4 is 0 Å². The Hall–Kier alpha value is -2.42. The largest absolute Gasteiger partial charge is 0.380 e. The molecule has 2 fully saturated rings. The minimum Gasteiger partial charge on any atom is -0.380 e. The quantitative estimate of drug-likeness (QED) is 0.670. The standard InChI is InChI=1S/C27H29NO/c29-27(23-12-6-2-7-13-23,24-14-8-3-9-15-24)25-16-17-28-20-22(18-26(28)19-25)21-10-4-1-5-11-21/h1-15,22,25-26,29H,16-20H2/t22-,25-,26+/m1/s1. The lowest BCUT2D eigenvalue weighted by Crippen LogP contribution is -2.46. The van der Waals surface area contributed by atoms with E-state index in [0.29, 0.717) is 12.0 Å². The molecule has 2 aliphatic rings. The van der Waals surface area contributed by atoms with E-state index < -0.39 is 5.60 Å². The Kier molecular flexibility index (Phi) is 4.99. The van der Waals surface area contributed by atoms with E-state index in [9.17, 15) is 5.11 Å². The summed E-state index contributed by atoms with van der Waals surface area (Å²) in [6, 6.07) is 32.0. The van der Waals surface area contributed by atoms with Crippen molar-refractivity contribution in [3.63, 3.8) is 0 Å². The smallest absolute Gasteiger partial charge is 0.117 e. The number of benzene rings is 3. The van der Waals surface area contributed by atoms with E-state index in [-0.39, 0.29) is 5.92 Å². The van der Waals surface area contributed by atoms with Gasteiger partial charge in [-0.2, -0.15) is 0 Å². The average Bonchev–Trinajstić information content (AvgIpc) is 3.24. The van der Waals surface area contributed by atoms with Crippen LogP contribution >= 0.6 is 0 Å². The van der Waals surface area contributed by atoms with Crippen LogP contribution in [0.15, 0.2) is 91.0 Å². The molecule has 2 nitrogen and oxygen atoms in total. The fourth-order valence-corrected chi connectivity index (χ4v) is 5.64. The van der Waals surface area contributed by atoms with Crippen molar-refractivity contribution in [2.75, 3.05) is 13.1 Å². The van der Waals surface area contributed by atoms with E-state index in [4.69, 9.17) is 0 Å². The summed E-state index contributed by atoms with van der Waals surface area (Å²) in [7, 11) is 0. The summed E-state index contributed by atoms with van der Waals surface area (Å²) in [4.78, 5) is 2.66. The molecule has 2 heterocycles. The lowest BCUT2D eigenvalue weighted by molar-refractivity contribution is -0.0232. The van der Waals surface area contributed by atoms with E-state index >= 15 is 0 Å². The van der Waals surface area contributed by atoms with Gasteiger partial charge in [0.25, 0.3) is 0 Å². The van der Waals surface area contributed by atoms with Crippen LogP contribution in [0.5, 0.6) is 0 Å². The Morgan fingerprint density at radius 1 is 0.724 bits per heavy atom. The number of fused-ring (bicyclic) bond motifs is 1. The Labute approximate surface area is 173 Å². The Morgan fingerprint density at radius 2 is 1.28 bits per heavy atom. The normalized spacial score (nSPS) is 24.9. The maximum Gasteiger partial charge on any atom is 0.117 e. The Bertz CT molecular complexity index is 885. The molecule has 5 rings (SSSR count). The number of aliphatic hydroxyl groups is 1. The first-order valence-corrected chi connectivity index (χ1v) is 10.9. The highest BCUT2D eigenvalue weighted by Crippen LogP contribution is 2.46. The van der Waals surface area contributed by atoms with Crippen molar-refractivity contribution < 1.29 is 5.11 Å². The van der Waals surface area contributed by atoms with Crippen LogP contribution in [0.3, 0.4) is 0 Å². The molecule has 3 aromatic rings. The number of piperidine rings is 1. The molecule has 0 aliphatic carbocycles. The highest BCUT2D eigenvalue weighted by atomic mass is 16.3. The molecule has 0 bridgehead atoms. The zero-order valence-electron chi connectivity index (χ0n) is 16.8. The molecule has 0 aromatic heterocycles. The van der Waals surface area contributed by atoms with Gasteiger partial charge in [0, 0.05) is 12.6 Å². The van der Waals surface area contributed by atoms with Crippen molar-refractivity contribution in [2.45, 2.75) is 36.8 Å². The summed E-state index contributed by atoms with van der Waals surface area (Å²) in [5.41, 5.74) is 2.56. The minimum atomic E-state index is -0.931.